The van der Waals surface area contributed by atoms with Gasteiger partial charge in [-0.3, -0.25) is 9.99 Å². The van der Waals surface area contributed by atoms with Crippen molar-refractivity contribution in [1.82, 2.24) is 25.5 Å². The van der Waals surface area contributed by atoms with E-state index >= 15 is 0 Å². The Bertz CT molecular complexity index is 924. The van der Waals surface area contributed by atoms with E-state index in [2.05, 4.69) is 26.5 Å². The van der Waals surface area contributed by atoms with Crippen LogP contribution < -0.4 is 5.43 Å². The van der Waals surface area contributed by atoms with Crippen molar-refractivity contribution in [2.24, 2.45) is 5.92 Å². The van der Waals surface area contributed by atoms with Gasteiger partial charge in [0.05, 0.1) is 17.8 Å². The Morgan fingerprint density at radius 1 is 1.31 bits per heavy atom. The molecule has 4 heterocycles. The molecule has 0 amide bonds. The van der Waals surface area contributed by atoms with Crippen LogP contribution >= 0.6 is 0 Å². The Labute approximate surface area is 171 Å². The summed E-state index contributed by atoms with van der Waals surface area (Å²) in [6, 6.07) is 4.00. The molecule has 2 aromatic heterocycles. The highest BCUT2D eigenvalue weighted by Crippen LogP contribution is 2.30. The van der Waals surface area contributed by atoms with Crippen LogP contribution in [0.25, 0.3) is 11.3 Å². The molecule has 154 valence electrons. The standard InChI is InChI=1S/C22H29N5O2/c1-15-5-6-17(11-23-15)21-20(16(2)29-25-21)14-27-10-8-19(12-24-27)26-9-7-18(13-26)22(3,4)28/h5-6,8,10-12,18,24,28H,7,9,13-14H2,1-4H3/t18-/m0/s1. The quantitative estimate of drug-likeness (QED) is 0.805. The zero-order valence-corrected chi connectivity index (χ0v) is 17.5. The number of aromatic nitrogens is 2. The van der Waals surface area contributed by atoms with Crippen LogP contribution in [-0.2, 0) is 6.54 Å². The van der Waals surface area contributed by atoms with Crippen molar-refractivity contribution < 1.29 is 9.63 Å². The maximum absolute atomic E-state index is 10.3. The van der Waals surface area contributed by atoms with E-state index in [1.165, 1.54) is 0 Å². The number of nitrogens with one attached hydrogen (secondary N) is 1. The van der Waals surface area contributed by atoms with E-state index < -0.39 is 5.60 Å². The predicted octanol–water partition coefficient (Wildman–Crippen LogP) is 3.12. The molecule has 0 unspecified atom stereocenters. The van der Waals surface area contributed by atoms with Gasteiger partial charge in [-0.2, -0.15) is 0 Å². The number of pyridine rings is 1. The molecule has 0 aromatic carbocycles. The molecule has 2 aliphatic rings. The van der Waals surface area contributed by atoms with Gasteiger partial charge < -0.3 is 20.0 Å². The van der Waals surface area contributed by atoms with E-state index in [4.69, 9.17) is 4.52 Å². The van der Waals surface area contributed by atoms with Gasteiger partial charge in [-0.15, -0.1) is 0 Å². The first-order valence-corrected chi connectivity index (χ1v) is 10.1. The Morgan fingerprint density at radius 3 is 2.76 bits per heavy atom. The summed E-state index contributed by atoms with van der Waals surface area (Å²) in [5, 5.41) is 16.5. The van der Waals surface area contributed by atoms with Crippen molar-refractivity contribution in [2.45, 2.75) is 46.3 Å². The fourth-order valence-electron chi connectivity index (χ4n) is 3.86. The molecule has 7 heteroatoms. The summed E-state index contributed by atoms with van der Waals surface area (Å²) in [7, 11) is 0. The van der Waals surface area contributed by atoms with E-state index in [9.17, 15) is 5.11 Å². The molecule has 1 atom stereocenters. The predicted molar refractivity (Wildman–Crippen MR) is 111 cm³/mol. The van der Waals surface area contributed by atoms with Gasteiger partial charge in [0.15, 0.2) is 0 Å². The molecule has 0 aliphatic carbocycles. The number of hydrogen-bond donors (Lipinski definition) is 2. The number of allylic oxidation sites excluding steroid dienone is 1. The van der Waals surface area contributed by atoms with Crippen LogP contribution in [0.5, 0.6) is 0 Å². The molecule has 0 bridgehead atoms. The van der Waals surface area contributed by atoms with Crippen molar-refractivity contribution >= 4 is 0 Å². The number of hydrogen-bond acceptors (Lipinski definition) is 7. The molecule has 0 radical (unpaired) electrons. The van der Waals surface area contributed by atoms with Gasteiger partial charge >= 0.3 is 0 Å². The fraction of sp³-hybridized carbons (Fsp3) is 0.455. The third-order valence-corrected chi connectivity index (χ3v) is 5.85. The summed E-state index contributed by atoms with van der Waals surface area (Å²) in [6.45, 7) is 10.2. The van der Waals surface area contributed by atoms with E-state index in [0.717, 1.165) is 53.5 Å². The van der Waals surface area contributed by atoms with Gasteiger partial charge in [0.25, 0.3) is 0 Å². The van der Waals surface area contributed by atoms with Crippen LogP contribution in [0.15, 0.2) is 47.0 Å². The molecular weight excluding hydrogens is 366 g/mol. The Balaban J connectivity index is 1.43. The largest absolute Gasteiger partial charge is 0.390 e. The average molecular weight is 396 g/mol. The molecule has 2 aromatic rings. The summed E-state index contributed by atoms with van der Waals surface area (Å²) in [6.07, 6.45) is 9.00. The summed E-state index contributed by atoms with van der Waals surface area (Å²) >= 11 is 0. The summed E-state index contributed by atoms with van der Waals surface area (Å²) < 4.78 is 5.46. The Morgan fingerprint density at radius 2 is 2.14 bits per heavy atom. The molecule has 0 saturated carbocycles. The van der Waals surface area contributed by atoms with Gasteiger partial charge in [-0.1, -0.05) is 5.16 Å². The molecular formula is C22H29N5O2. The fourth-order valence-corrected chi connectivity index (χ4v) is 3.86. The SMILES string of the molecule is Cc1ccc(-c2noc(C)c2CN2C=CC(N3CC[C@H](C(C)(C)O)C3)=CN2)cn1. The van der Waals surface area contributed by atoms with Crippen LogP contribution in [0.4, 0.5) is 0 Å². The highest BCUT2D eigenvalue weighted by atomic mass is 16.5. The lowest BCUT2D eigenvalue weighted by atomic mass is 9.90. The summed E-state index contributed by atoms with van der Waals surface area (Å²) in [5.41, 5.74) is 7.64. The minimum atomic E-state index is -0.639. The molecule has 1 saturated heterocycles. The summed E-state index contributed by atoms with van der Waals surface area (Å²) in [4.78, 5) is 6.69. The summed E-state index contributed by atoms with van der Waals surface area (Å²) in [5.74, 6) is 1.10. The molecule has 7 nitrogen and oxygen atoms in total. The van der Waals surface area contributed by atoms with Crippen molar-refractivity contribution in [3.63, 3.8) is 0 Å². The smallest absolute Gasteiger partial charge is 0.139 e. The number of nitrogens with zero attached hydrogens (tertiary/aromatic N) is 4. The Hall–Kier alpha value is -2.80. The number of aliphatic hydroxyl groups is 1. The first-order valence-electron chi connectivity index (χ1n) is 10.1. The monoisotopic (exact) mass is 395 g/mol. The first-order chi connectivity index (χ1) is 13.8. The number of aryl methyl sites for hydroxylation is 2. The van der Waals surface area contributed by atoms with Crippen LogP contribution in [-0.4, -0.2) is 43.8 Å². The third-order valence-electron chi connectivity index (χ3n) is 5.85. The van der Waals surface area contributed by atoms with E-state index in [-0.39, 0.29) is 0 Å². The second-order valence-corrected chi connectivity index (χ2v) is 8.48. The van der Waals surface area contributed by atoms with Crippen molar-refractivity contribution in [3.05, 3.63) is 59.5 Å². The zero-order valence-electron chi connectivity index (χ0n) is 17.5. The number of rotatable bonds is 5. The van der Waals surface area contributed by atoms with Gasteiger partial charge in [-0.05, 0) is 52.3 Å². The molecule has 2 N–H and O–H groups in total. The van der Waals surface area contributed by atoms with Crippen LogP contribution in [0, 0.1) is 19.8 Å². The lowest BCUT2D eigenvalue weighted by Crippen LogP contribution is -2.35. The van der Waals surface area contributed by atoms with Gasteiger partial charge in [0.2, 0.25) is 0 Å². The lowest BCUT2D eigenvalue weighted by molar-refractivity contribution is 0.0224. The van der Waals surface area contributed by atoms with Crippen LogP contribution in [0.1, 0.15) is 37.3 Å². The average Bonchev–Trinajstić information content (AvgIpc) is 3.31. The topological polar surface area (TPSA) is 77.7 Å². The lowest BCUT2D eigenvalue weighted by Gasteiger charge is -2.30. The van der Waals surface area contributed by atoms with Gasteiger partial charge in [-0.25, -0.2) is 0 Å². The van der Waals surface area contributed by atoms with Crippen molar-refractivity contribution in [1.29, 1.82) is 0 Å². The molecule has 29 heavy (non-hydrogen) atoms. The van der Waals surface area contributed by atoms with E-state index in [1.807, 2.05) is 63.4 Å². The highest BCUT2D eigenvalue weighted by Gasteiger charge is 2.34. The first kappa shape index (κ1) is 19.5. The second-order valence-electron chi connectivity index (χ2n) is 8.48. The van der Waals surface area contributed by atoms with Crippen molar-refractivity contribution in [2.75, 3.05) is 13.1 Å². The molecule has 0 spiro atoms. The highest BCUT2D eigenvalue weighted by molar-refractivity contribution is 5.62. The van der Waals surface area contributed by atoms with Gasteiger partial charge in [0.1, 0.15) is 11.5 Å². The normalized spacial score (nSPS) is 19.5. The Kier molecular flexibility index (Phi) is 5.08. The molecule has 2 aliphatic heterocycles. The number of likely N-dealkylation sites (tertiary alicyclic amines) is 1. The van der Waals surface area contributed by atoms with Crippen molar-refractivity contribution in [3.8, 4) is 11.3 Å². The minimum absolute atomic E-state index is 0.292. The minimum Gasteiger partial charge on any atom is -0.390 e. The zero-order chi connectivity index (χ0) is 20.6. The maximum Gasteiger partial charge on any atom is 0.139 e. The second kappa shape index (κ2) is 7.55. The number of hydrazine groups is 1. The third kappa shape index (κ3) is 4.15. The van der Waals surface area contributed by atoms with Crippen LogP contribution in [0.2, 0.25) is 0 Å². The van der Waals surface area contributed by atoms with Crippen LogP contribution in [0.3, 0.4) is 0 Å². The molecule has 1 fully saturated rings. The molecule has 4 rings (SSSR count). The van der Waals surface area contributed by atoms with E-state index in [0.29, 0.717) is 12.5 Å². The van der Waals surface area contributed by atoms with Gasteiger partial charge in [0, 0.05) is 54.4 Å². The van der Waals surface area contributed by atoms with E-state index in [1.54, 1.807) is 0 Å². The maximum atomic E-state index is 10.3.